The first-order valence-corrected chi connectivity index (χ1v) is 9.13. The van der Waals surface area contributed by atoms with Crippen molar-refractivity contribution in [3.05, 3.63) is 44.0 Å². The molecular weight excluding hydrogens is 318 g/mol. The molecule has 2 rings (SSSR count). The van der Waals surface area contributed by atoms with Crippen molar-refractivity contribution in [1.82, 2.24) is 15.3 Å². The van der Waals surface area contributed by atoms with E-state index in [-0.39, 0.29) is 11.5 Å². The molecule has 0 unspecified atom stereocenters. The van der Waals surface area contributed by atoms with Gasteiger partial charge in [0.25, 0.3) is 5.56 Å². The number of aryl methyl sites for hydroxylation is 1. The van der Waals surface area contributed by atoms with Crippen molar-refractivity contribution >= 4 is 29.0 Å². The molecule has 5 nitrogen and oxygen atoms in total. The second-order valence-corrected chi connectivity index (χ2v) is 6.65. The third-order valence-corrected chi connectivity index (χ3v) is 4.79. The molecule has 1 amide bonds. The Morgan fingerprint density at radius 2 is 2.27 bits per heavy atom. The normalized spacial score (nSPS) is 10.6. The van der Waals surface area contributed by atoms with Gasteiger partial charge >= 0.3 is 0 Å². The van der Waals surface area contributed by atoms with Crippen LogP contribution in [-0.4, -0.2) is 28.7 Å². The van der Waals surface area contributed by atoms with Gasteiger partial charge in [-0.1, -0.05) is 17.8 Å². The van der Waals surface area contributed by atoms with Crippen LogP contribution in [0.5, 0.6) is 0 Å². The quantitative estimate of drug-likeness (QED) is 0.600. The van der Waals surface area contributed by atoms with Gasteiger partial charge in [-0.3, -0.25) is 9.59 Å². The molecule has 0 saturated heterocycles. The van der Waals surface area contributed by atoms with Crippen LogP contribution in [0.2, 0.25) is 0 Å². The molecule has 7 heteroatoms. The Bertz CT molecular complexity index is 681. The molecule has 22 heavy (non-hydrogen) atoms. The summed E-state index contributed by atoms with van der Waals surface area (Å²) >= 11 is 3.08. The molecule has 0 bridgehead atoms. The lowest BCUT2D eigenvalue weighted by atomic mass is 10.1. The van der Waals surface area contributed by atoms with Crippen molar-refractivity contribution in [3.8, 4) is 0 Å². The van der Waals surface area contributed by atoms with Crippen LogP contribution in [0.3, 0.4) is 0 Å². The van der Waals surface area contributed by atoms with E-state index >= 15 is 0 Å². The predicted octanol–water partition coefficient (Wildman–Crippen LogP) is 2.15. The molecule has 0 aromatic carbocycles. The average molecular weight is 337 g/mol. The number of hydrogen-bond acceptors (Lipinski definition) is 5. The first-order valence-electron chi connectivity index (χ1n) is 7.03. The fourth-order valence-corrected chi connectivity index (χ4v) is 3.21. The SMILES string of the molecule is CSc1nc(C)c(CCC(=O)NCCc2cccs2)c(=O)[nH]1. The smallest absolute Gasteiger partial charge is 0.254 e. The summed E-state index contributed by atoms with van der Waals surface area (Å²) in [5, 5.41) is 5.51. The van der Waals surface area contributed by atoms with Crippen LogP contribution in [-0.2, 0) is 17.6 Å². The molecule has 0 spiro atoms. The van der Waals surface area contributed by atoms with Crippen LogP contribution in [0.25, 0.3) is 0 Å². The van der Waals surface area contributed by atoms with Gasteiger partial charge in [0.15, 0.2) is 5.16 Å². The molecule has 2 N–H and O–H groups in total. The van der Waals surface area contributed by atoms with E-state index in [4.69, 9.17) is 0 Å². The first-order chi connectivity index (χ1) is 10.6. The molecule has 2 heterocycles. The van der Waals surface area contributed by atoms with E-state index in [0.717, 1.165) is 6.42 Å². The van der Waals surface area contributed by atoms with Crippen LogP contribution in [0, 0.1) is 6.92 Å². The summed E-state index contributed by atoms with van der Waals surface area (Å²) in [6.07, 6.45) is 3.41. The Morgan fingerprint density at radius 3 is 2.91 bits per heavy atom. The molecule has 0 radical (unpaired) electrons. The summed E-state index contributed by atoms with van der Waals surface area (Å²) in [5.41, 5.74) is 1.13. The van der Waals surface area contributed by atoms with Crippen molar-refractivity contribution < 1.29 is 4.79 Å². The van der Waals surface area contributed by atoms with Crippen molar-refractivity contribution in [2.75, 3.05) is 12.8 Å². The molecule has 2 aromatic heterocycles. The number of hydrogen-bond donors (Lipinski definition) is 2. The zero-order chi connectivity index (χ0) is 15.9. The van der Waals surface area contributed by atoms with E-state index in [0.29, 0.717) is 35.8 Å². The minimum atomic E-state index is -0.150. The summed E-state index contributed by atoms with van der Waals surface area (Å²) in [5.74, 6) is -0.0377. The highest BCUT2D eigenvalue weighted by Crippen LogP contribution is 2.10. The minimum Gasteiger partial charge on any atom is -0.356 e. The van der Waals surface area contributed by atoms with Crippen LogP contribution < -0.4 is 10.9 Å². The van der Waals surface area contributed by atoms with Gasteiger partial charge in [-0.15, -0.1) is 11.3 Å². The molecule has 0 atom stereocenters. The second-order valence-electron chi connectivity index (χ2n) is 4.82. The van der Waals surface area contributed by atoms with Crippen LogP contribution in [0.15, 0.2) is 27.5 Å². The maximum Gasteiger partial charge on any atom is 0.254 e. The lowest BCUT2D eigenvalue weighted by Gasteiger charge is -2.07. The fourth-order valence-electron chi connectivity index (χ4n) is 2.08. The number of nitrogens with one attached hydrogen (secondary N) is 2. The highest BCUT2D eigenvalue weighted by Gasteiger charge is 2.10. The van der Waals surface area contributed by atoms with Gasteiger partial charge in [-0.2, -0.15) is 0 Å². The summed E-state index contributed by atoms with van der Waals surface area (Å²) < 4.78 is 0. The largest absolute Gasteiger partial charge is 0.356 e. The molecule has 2 aromatic rings. The van der Waals surface area contributed by atoms with Crippen molar-refractivity contribution in [2.45, 2.75) is 31.3 Å². The number of carbonyl (C=O) groups excluding carboxylic acids is 1. The lowest BCUT2D eigenvalue weighted by molar-refractivity contribution is -0.121. The molecule has 0 aliphatic carbocycles. The average Bonchev–Trinajstić information content (AvgIpc) is 2.99. The molecule has 0 fully saturated rings. The Morgan fingerprint density at radius 1 is 1.45 bits per heavy atom. The molecule has 0 aliphatic rings. The number of amides is 1. The van der Waals surface area contributed by atoms with Crippen LogP contribution in [0.4, 0.5) is 0 Å². The Balaban J connectivity index is 1.82. The number of H-pyrrole nitrogens is 1. The van der Waals surface area contributed by atoms with Gasteiger partial charge < -0.3 is 10.3 Å². The number of aromatic amines is 1. The summed E-state index contributed by atoms with van der Waals surface area (Å²) in [6.45, 7) is 2.43. The molecule has 118 valence electrons. The third-order valence-electron chi connectivity index (χ3n) is 3.27. The van der Waals surface area contributed by atoms with Crippen molar-refractivity contribution in [3.63, 3.8) is 0 Å². The van der Waals surface area contributed by atoms with Crippen molar-refractivity contribution in [1.29, 1.82) is 0 Å². The molecular formula is C15H19N3O2S2. The maximum absolute atomic E-state index is 12.0. The van der Waals surface area contributed by atoms with E-state index in [1.807, 2.05) is 17.7 Å². The highest BCUT2D eigenvalue weighted by molar-refractivity contribution is 7.98. The first kappa shape index (κ1) is 16.8. The highest BCUT2D eigenvalue weighted by atomic mass is 32.2. The number of carbonyl (C=O) groups is 1. The van der Waals surface area contributed by atoms with Gasteiger partial charge in [0.2, 0.25) is 5.91 Å². The van der Waals surface area contributed by atoms with Gasteiger partial charge in [0.05, 0.1) is 0 Å². The predicted molar refractivity (Wildman–Crippen MR) is 90.7 cm³/mol. The van der Waals surface area contributed by atoms with Crippen molar-refractivity contribution in [2.24, 2.45) is 0 Å². The van der Waals surface area contributed by atoms with Gasteiger partial charge in [0.1, 0.15) is 0 Å². The summed E-state index contributed by atoms with van der Waals surface area (Å²) in [4.78, 5) is 32.1. The van der Waals surface area contributed by atoms with E-state index in [1.54, 1.807) is 18.3 Å². The monoisotopic (exact) mass is 337 g/mol. The molecule has 0 saturated carbocycles. The third kappa shape index (κ3) is 4.71. The van der Waals surface area contributed by atoms with E-state index < -0.39 is 0 Å². The topological polar surface area (TPSA) is 74.8 Å². The number of rotatable bonds is 7. The number of aromatic nitrogens is 2. The Hall–Kier alpha value is -1.60. The zero-order valence-electron chi connectivity index (χ0n) is 12.6. The van der Waals surface area contributed by atoms with Crippen LogP contribution >= 0.6 is 23.1 Å². The lowest BCUT2D eigenvalue weighted by Crippen LogP contribution is -2.27. The van der Waals surface area contributed by atoms with Gasteiger partial charge in [-0.25, -0.2) is 4.98 Å². The Labute approximate surface area is 137 Å². The number of thioether (sulfide) groups is 1. The number of nitrogens with zero attached hydrogens (tertiary/aromatic N) is 1. The zero-order valence-corrected chi connectivity index (χ0v) is 14.3. The number of thiophene rings is 1. The van der Waals surface area contributed by atoms with E-state index in [2.05, 4.69) is 21.4 Å². The summed E-state index contributed by atoms with van der Waals surface area (Å²) in [7, 11) is 0. The second kappa shape index (κ2) is 8.14. The fraction of sp³-hybridized carbons (Fsp3) is 0.400. The minimum absolute atomic E-state index is 0.0377. The summed E-state index contributed by atoms with van der Waals surface area (Å²) in [6, 6.07) is 4.06. The maximum atomic E-state index is 12.0. The molecule has 0 aliphatic heterocycles. The van der Waals surface area contributed by atoms with Gasteiger partial charge in [-0.05, 0) is 37.5 Å². The van der Waals surface area contributed by atoms with Crippen LogP contribution in [0.1, 0.15) is 22.6 Å². The standard InChI is InChI=1S/C15H19N3O2S2/c1-10-12(14(20)18-15(17-10)21-2)5-6-13(19)16-8-7-11-4-3-9-22-11/h3-4,9H,5-8H2,1-2H3,(H,16,19)(H,17,18,20). The van der Waals surface area contributed by atoms with E-state index in [9.17, 15) is 9.59 Å². The Kier molecular flexibility index (Phi) is 6.21. The van der Waals surface area contributed by atoms with E-state index in [1.165, 1.54) is 16.6 Å². The van der Waals surface area contributed by atoms with Gasteiger partial charge in [0, 0.05) is 29.1 Å².